The SMILES string of the molecule is Cc1cc(C(=O)NCCCN)cc(S(=O)(=O)N2CCC(C)CC2)c1C.Cl. The first-order valence-corrected chi connectivity index (χ1v) is 10.3. The summed E-state index contributed by atoms with van der Waals surface area (Å²) in [5, 5.41) is 2.78. The van der Waals surface area contributed by atoms with Crippen LogP contribution in [0.1, 0.15) is 47.7 Å². The number of benzene rings is 1. The van der Waals surface area contributed by atoms with Gasteiger partial charge in [0.05, 0.1) is 4.90 Å². The highest BCUT2D eigenvalue weighted by atomic mass is 35.5. The van der Waals surface area contributed by atoms with E-state index in [9.17, 15) is 13.2 Å². The zero-order chi connectivity index (χ0) is 18.6. The molecule has 26 heavy (non-hydrogen) atoms. The van der Waals surface area contributed by atoms with Crippen molar-refractivity contribution < 1.29 is 13.2 Å². The normalized spacial score (nSPS) is 16.2. The van der Waals surface area contributed by atoms with Gasteiger partial charge in [-0.1, -0.05) is 6.92 Å². The van der Waals surface area contributed by atoms with E-state index in [2.05, 4.69) is 12.2 Å². The molecule has 1 aromatic carbocycles. The first-order valence-electron chi connectivity index (χ1n) is 8.87. The van der Waals surface area contributed by atoms with Gasteiger partial charge in [0.25, 0.3) is 5.91 Å². The van der Waals surface area contributed by atoms with Crippen molar-refractivity contribution in [3.63, 3.8) is 0 Å². The third-order valence-electron chi connectivity index (χ3n) is 4.91. The molecule has 2 rings (SSSR count). The van der Waals surface area contributed by atoms with E-state index >= 15 is 0 Å². The van der Waals surface area contributed by atoms with Gasteiger partial charge in [-0.15, -0.1) is 12.4 Å². The van der Waals surface area contributed by atoms with Gasteiger partial charge >= 0.3 is 0 Å². The molecule has 0 aromatic heterocycles. The van der Waals surface area contributed by atoms with Crippen LogP contribution in [0.4, 0.5) is 0 Å². The maximum Gasteiger partial charge on any atom is 0.251 e. The number of sulfonamides is 1. The Bertz CT molecular complexity index is 729. The molecule has 0 aliphatic carbocycles. The van der Waals surface area contributed by atoms with Crippen LogP contribution >= 0.6 is 12.4 Å². The number of nitrogens with zero attached hydrogens (tertiary/aromatic N) is 1. The van der Waals surface area contributed by atoms with Gasteiger partial charge in [-0.3, -0.25) is 4.79 Å². The summed E-state index contributed by atoms with van der Waals surface area (Å²) in [5.74, 6) is 0.286. The Morgan fingerprint density at radius 3 is 2.46 bits per heavy atom. The molecular formula is C18H30ClN3O3S. The fourth-order valence-corrected chi connectivity index (χ4v) is 4.79. The van der Waals surface area contributed by atoms with Gasteiger partial charge in [0.1, 0.15) is 0 Å². The number of hydrogen-bond donors (Lipinski definition) is 2. The fraction of sp³-hybridized carbons (Fsp3) is 0.611. The minimum atomic E-state index is -3.59. The van der Waals surface area contributed by atoms with Crippen LogP contribution < -0.4 is 11.1 Å². The second kappa shape index (κ2) is 9.69. The lowest BCUT2D eigenvalue weighted by molar-refractivity contribution is 0.0953. The lowest BCUT2D eigenvalue weighted by Gasteiger charge is -2.30. The zero-order valence-electron chi connectivity index (χ0n) is 15.7. The molecule has 0 atom stereocenters. The van der Waals surface area contributed by atoms with Crippen LogP contribution in [0.25, 0.3) is 0 Å². The van der Waals surface area contributed by atoms with Gasteiger partial charge in [-0.2, -0.15) is 4.31 Å². The molecule has 0 radical (unpaired) electrons. The summed E-state index contributed by atoms with van der Waals surface area (Å²) in [6.07, 6.45) is 2.43. The van der Waals surface area contributed by atoms with Crippen molar-refractivity contribution in [3.05, 3.63) is 28.8 Å². The summed E-state index contributed by atoms with van der Waals surface area (Å²) in [5.41, 5.74) is 7.32. The van der Waals surface area contributed by atoms with E-state index < -0.39 is 10.0 Å². The van der Waals surface area contributed by atoms with Gasteiger partial charge in [0.2, 0.25) is 10.0 Å². The minimum absolute atomic E-state index is 0. The lowest BCUT2D eigenvalue weighted by atomic mass is 10.0. The highest BCUT2D eigenvalue weighted by Gasteiger charge is 2.30. The van der Waals surface area contributed by atoms with Crippen molar-refractivity contribution in [2.24, 2.45) is 11.7 Å². The van der Waals surface area contributed by atoms with Crippen LogP contribution in [-0.4, -0.2) is 44.8 Å². The summed E-state index contributed by atoms with van der Waals surface area (Å²) >= 11 is 0. The van der Waals surface area contributed by atoms with Gasteiger partial charge in [0, 0.05) is 25.2 Å². The van der Waals surface area contributed by atoms with E-state index in [1.165, 1.54) is 6.07 Å². The molecule has 8 heteroatoms. The molecule has 148 valence electrons. The highest BCUT2D eigenvalue weighted by molar-refractivity contribution is 7.89. The third kappa shape index (κ3) is 5.19. The van der Waals surface area contributed by atoms with Crippen LogP contribution in [0.5, 0.6) is 0 Å². The Morgan fingerprint density at radius 2 is 1.88 bits per heavy atom. The first kappa shape index (κ1) is 22.9. The maximum atomic E-state index is 13.1. The zero-order valence-corrected chi connectivity index (χ0v) is 17.4. The van der Waals surface area contributed by atoms with Gasteiger partial charge in [-0.25, -0.2) is 8.42 Å². The van der Waals surface area contributed by atoms with Crippen molar-refractivity contribution in [1.82, 2.24) is 9.62 Å². The van der Waals surface area contributed by atoms with Crippen molar-refractivity contribution in [2.45, 2.75) is 44.9 Å². The molecule has 1 fully saturated rings. The average Bonchev–Trinajstić information content (AvgIpc) is 2.57. The van der Waals surface area contributed by atoms with Gasteiger partial charge in [0.15, 0.2) is 0 Å². The molecule has 0 unspecified atom stereocenters. The van der Waals surface area contributed by atoms with Crippen molar-refractivity contribution >= 4 is 28.3 Å². The predicted octanol–water partition coefficient (Wildman–Crippen LogP) is 2.22. The van der Waals surface area contributed by atoms with E-state index in [0.29, 0.717) is 49.6 Å². The Morgan fingerprint density at radius 1 is 1.27 bits per heavy atom. The Hall–Kier alpha value is -1.15. The van der Waals surface area contributed by atoms with Crippen molar-refractivity contribution in [3.8, 4) is 0 Å². The summed E-state index contributed by atoms with van der Waals surface area (Å²) in [6, 6.07) is 3.25. The quantitative estimate of drug-likeness (QED) is 0.712. The van der Waals surface area contributed by atoms with E-state index in [1.807, 2.05) is 6.92 Å². The average molecular weight is 404 g/mol. The van der Waals surface area contributed by atoms with Crippen LogP contribution in [0.3, 0.4) is 0 Å². The molecule has 1 heterocycles. The number of aryl methyl sites for hydroxylation is 1. The van der Waals surface area contributed by atoms with E-state index in [4.69, 9.17) is 5.73 Å². The third-order valence-corrected chi connectivity index (χ3v) is 6.93. The van der Waals surface area contributed by atoms with Crippen LogP contribution in [0.2, 0.25) is 0 Å². The number of amides is 1. The highest BCUT2D eigenvalue weighted by Crippen LogP contribution is 2.28. The molecule has 0 bridgehead atoms. The van der Waals surface area contributed by atoms with Gasteiger partial charge < -0.3 is 11.1 Å². The summed E-state index contributed by atoms with van der Waals surface area (Å²) in [7, 11) is -3.59. The molecule has 1 amide bonds. The number of nitrogens with one attached hydrogen (secondary N) is 1. The van der Waals surface area contributed by atoms with E-state index in [-0.39, 0.29) is 23.2 Å². The molecule has 6 nitrogen and oxygen atoms in total. The van der Waals surface area contributed by atoms with E-state index in [0.717, 1.165) is 18.4 Å². The second-order valence-corrected chi connectivity index (χ2v) is 8.81. The Kier molecular flexibility index (Phi) is 8.53. The summed E-state index contributed by atoms with van der Waals surface area (Å²) < 4.78 is 27.7. The molecule has 1 saturated heterocycles. The molecule has 3 N–H and O–H groups in total. The number of carbonyl (C=O) groups is 1. The first-order chi connectivity index (χ1) is 11.8. The number of halogens is 1. The largest absolute Gasteiger partial charge is 0.352 e. The number of nitrogens with two attached hydrogens (primary N) is 1. The summed E-state index contributed by atoms with van der Waals surface area (Å²) in [6.45, 7) is 7.83. The Labute approximate surface area is 163 Å². The molecule has 0 spiro atoms. The standard InChI is InChI=1S/C18H29N3O3S.ClH/c1-13-5-9-21(10-6-13)25(23,24)17-12-16(11-14(2)15(17)3)18(22)20-8-4-7-19;/h11-13H,4-10,19H2,1-3H3,(H,20,22);1H. The summed E-state index contributed by atoms with van der Waals surface area (Å²) in [4.78, 5) is 12.6. The topological polar surface area (TPSA) is 92.5 Å². The van der Waals surface area contributed by atoms with Gasteiger partial charge in [-0.05, 0) is 68.8 Å². The van der Waals surface area contributed by atoms with E-state index in [1.54, 1.807) is 17.3 Å². The molecule has 0 saturated carbocycles. The van der Waals surface area contributed by atoms with Crippen molar-refractivity contribution in [2.75, 3.05) is 26.2 Å². The molecule has 1 aromatic rings. The minimum Gasteiger partial charge on any atom is -0.352 e. The van der Waals surface area contributed by atoms with Crippen LogP contribution in [-0.2, 0) is 10.0 Å². The molecule has 1 aliphatic heterocycles. The van der Waals surface area contributed by atoms with Crippen molar-refractivity contribution in [1.29, 1.82) is 0 Å². The van der Waals surface area contributed by atoms with Crippen LogP contribution in [0, 0.1) is 19.8 Å². The molecular weight excluding hydrogens is 374 g/mol. The number of hydrogen-bond acceptors (Lipinski definition) is 4. The number of piperidine rings is 1. The lowest BCUT2D eigenvalue weighted by Crippen LogP contribution is -2.38. The predicted molar refractivity (Wildman–Crippen MR) is 106 cm³/mol. The number of rotatable bonds is 6. The molecule has 1 aliphatic rings. The smallest absolute Gasteiger partial charge is 0.251 e. The van der Waals surface area contributed by atoms with Crippen LogP contribution in [0.15, 0.2) is 17.0 Å². The fourth-order valence-electron chi connectivity index (χ4n) is 3.00. The number of carbonyl (C=O) groups excluding carboxylic acids is 1. The second-order valence-electron chi connectivity index (χ2n) is 6.90. The Balaban J connectivity index is 0.00000338. The monoisotopic (exact) mass is 403 g/mol. The maximum absolute atomic E-state index is 13.1.